The Labute approximate surface area is 122 Å². The number of rotatable bonds is 3. The van der Waals surface area contributed by atoms with Crippen LogP contribution in [0.25, 0.3) is 11.5 Å². The minimum absolute atomic E-state index is 0.292. The molecule has 7 heteroatoms. The molecule has 1 aromatic carbocycles. The molecule has 3 aromatic rings. The lowest BCUT2D eigenvalue weighted by Gasteiger charge is -1.96. The monoisotopic (exact) mass is 329 g/mol. The second-order valence-electron chi connectivity index (χ2n) is 4.09. The van der Waals surface area contributed by atoms with Crippen molar-refractivity contribution in [2.75, 3.05) is 0 Å². The number of benzene rings is 1. The summed E-state index contributed by atoms with van der Waals surface area (Å²) in [6.07, 6.45) is 2.05. The molecule has 1 N–H and O–H groups in total. The Balaban J connectivity index is 1.86. The fraction of sp³-hybridized carbons (Fsp3) is 0.0769. The van der Waals surface area contributed by atoms with Crippen LogP contribution in [-0.4, -0.2) is 20.3 Å². The van der Waals surface area contributed by atoms with Gasteiger partial charge in [0.1, 0.15) is 11.8 Å². The van der Waals surface area contributed by atoms with E-state index in [4.69, 9.17) is 9.78 Å². The second kappa shape index (κ2) is 5.27. The number of nitrogens with zero attached hydrogens (tertiary/aromatic N) is 4. The smallest absolute Gasteiger partial charge is 0.262 e. The van der Waals surface area contributed by atoms with Crippen LogP contribution < -0.4 is 0 Å². The van der Waals surface area contributed by atoms with Crippen LogP contribution in [0.4, 0.5) is 0 Å². The first-order valence-corrected chi connectivity index (χ1v) is 6.56. The van der Waals surface area contributed by atoms with E-state index in [1.165, 1.54) is 6.20 Å². The molecule has 0 radical (unpaired) electrons. The summed E-state index contributed by atoms with van der Waals surface area (Å²) in [5.74, 6) is 0.850. The molecule has 0 saturated heterocycles. The van der Waals surface area contributed by atoms with Gasteiger partial charge in [-0.05, 0) is 17.7 Å². The Morgan fingerprint density at radius 2 is 2.30 bits per heavy atom. The molecule has 0 bridgehead atoms. The lowest BCUT2D eigenvalue weighted by atomic mass is 10.1. The molecule has 2 heterocycles. The van der Waals surface area contributed by atoms with Gasteiger partial charge in [0, 0.05) is 10.9 Å². The Morgan fingerprint density at radius 3 is 3.10 bits per heavy atom. The van der Waals surface area contributed by atoms with Gasteiger partial charge in [-0.25, -0.2) is 0 Å². The lowest BCUT2D eigenvalue weighted by Crippen LogP contribution is -1.90. The Kier molecular flexibility index (Phi) is 3.31. The highest BCUT2D eigenvalue weighted by atomic mass is 79.9. The van der Waals surface area contributed by atoms with Crippen LogP contribution >= 0.6 is 15.9 Å². The van der Waals surface area contributed by atoms with Crippen molar-refractivity contribution < 1.29 is 4.52 Å². The topological polar surface area (TPSA) is 91.4 Å². The molecule has 2 aromatic heterocycles. The number of nitriles is 1. The zero-order valence-corrected chi connectivity index (χ0v) is 11.8. The van der Waals surface area contributed by atoms with Crippen LogP contribution in [0.2, 0.25) is 0 Å². The number of aromatic amines is 1. The van der Waals surface area contributed by atoms with Crippen LogP contribution in [0.15, 0.2) is 39.5 Å². The van der Waals surface area contributed by atoms with Crippen molar-refractivity contribution in [1.82, 2.24) is 20.3 Å². The summed E-state index contributed by atoms with van der Waals surface area (Å²) in [5.41, 5.74) is 1.89. The maximum absolute atomic E-state index is 8.92. The van der Waals surface area contributed by atoms with Crippen LogP contribution in [0, 0.1) is 11.3 Å². The molecule has 6 nitrogen and oxygen atoms in total. The van der Waals surface area contributed by atoms with Crippen molar-refractivity contribution in [2.45, 2.75) is 6.42 Å². The summed E-state index contributed by atoms with van der Waals surface area (Å²) in [5, 5.41) is 19.2. The van der Waals surface area contributed by atoms with E-state index in [0.717, 1.165) is 10.0 Å². The minimum Gasteiger partial charge on any atom is -0.334 e. The van der Waals surface area contributed by atoms with Gasteiger partial charge in [-0.1, -0.05) is 33.2 Å². The predicted molar refractivity (Wildman–Crippen MR) is 73.5 cm³/mol. The molecule has 0 spiro atoms. The summed E-state index contributed by atoms with van der Waals surface area (Å²) in [7, 11) is 0. The number of nitrogens with one attached hydrogen (secondary N) is 1. The van der Waals surface area contributed by atoms with E-state index in [2.05, 4.69) is 36.3 Å². The number of hydrogen-bond donors (Lipinski definition) is 1. The first-order chi connectivity index (χ1) is 9.76. The highest BCUT2D eigenvalue weighted by Crippen LogP contribution is 2.20. The first-order valence-electron chi connectivity index (χ1n) is 5.77. The van der Waals surface area contributed by atoms with Gasteiger partial charge >= 0.3 is 0 Å². The van der Waals surface area contributed by atoms with E-state index in [1.807, 2.05) is 30.3 Å². The third-order valence-electron chi connectivity index (χ3n) is 2.70. The molecule has 0 saturated carbocycles. The Morgan fingerprint density at radius 1 is 1.40 bits per heavy atom. The van der Waals surface area contributed by atoms with E-state index in [-0.39, 0.29) is 0 Å². The molecule has 0 atom stereocenters. The van der Waals surface area contributed by atoms with E-state index >= 15 is 0 Å². The van der Waals surface area contributed by atoms with Gasteiger partial charge < -0.3 is 4.52 Å². The third-order valence-corrected chi connectivity index (χ3v) is 3.19. The highest BCUT2D eigenvalue weighted by molar-refractivity contribution is 9.10. The van der Waals surface area contributed by atoms with Crippen molar-refractivity contribution in [3.8, 4) is 17.5 Å². The van der Waals surface area contributed by atoms with Gasteiger partial charge in [-0.2, -0.15) is 15.3 Å². The average molecular weight is 330 g/mol. The fourth-order valence-corrected chi connectivity index (χ4v) is 2.24. The van der Waals surface area contributed by atoms with Crippen molar-refractivity contribution in [2.24, 2.45) is 0 Å². The van der Waals surface area contributed by atoms with Gasteiger partial charge in [-0.3, -0.25) is 5.10 Å². The van der Waals surface area contributed by atoms with Crippen LogP contribution in [0.5, 0.6) is 0 Å². The number of hydrogen-bond acceptors (Lipinski definition) is 5. The molecule has 0 fully saturated rings. The predicted octanol–water partition coefficient (Wildman–Crippen LogP) is 2.68. The molecular formula is C13H8BrN5O. The summed E-state index contributed by atoms with van der Waals surface area (Å²) >= 11 is 3.42. The molecule has 0 amide bonds. The Bertz CT molecular complexity index is 786. The molecular weight excluding hydrogens is 322 g/mol. The Hall–Kier alpha value is -2.46. The summed E-state index contributed by atoms with van der Waals surface area (Å²) in [6, 6.07) is 9.87. The van der Waals surface area contributed by atoms with Crippen LogP contribution in [0.3, 0.4) is 0 Å². The van der Waals surface area contributed by atoms with E-state index in [0.29, 0.717) is 29.4 Å². The van der Waals surface area contributed by atoms with Gasteiger partial charge in [0.25, 0.3) is 5.89 Å². The van der Waals surface area contributed by atoms with Crippen molar-refractivity contribution in [3.05, 3.63) is 52.0 Å². The first kappa shape index (κ1) is 12.6. The number of H-pyrrole nitrogens is 1. The van der Waals surface area contributed by atoms with E-state index in [1.54, 1.807) is 0 Å². The fourth-order valence-electron chi connectivity index (χ4n) is 1.80. The quantitative estimate of drug-likeness (QED) is 0.797. The number of aromatic nitrogens is 4. The molecule has 20 heavy (non-hydrogen) atoms. The number of halogens is 1. The van der Waals surface area contributed by atoms with Crippen LogP contribution in [0.1, 0.15) is 17.1 Å². The van der Waals surface area contributed by atoms with Crippen molar-refractivity contribution in [1.29, 1.82) is 5.26 Å². The third kappa shape index (κ3) is 2.46. The molecule has 0 aliphatic heterocycles. The second-order valence-corrected chi connectivity index (χ2v) is 5.01. The summed E-state index contributed by atoms with van der Waals surface area (Å²) in [4.78, 5) is 4.28. The molecule has 0 unspecified atom stereocenters. The minimum atomic E-state index is 0.292. The van der Waals surface area contributed by atoms with Gasteiger partial charge in [0.15, 0.2) is 5.82 Å². The molecule has 3 rings (SSSR count). The molecule has 0 aliphatic rings. The normalized spacial score (nSPS) is 10.4. The van der Waals surface area contributed by atoms with Crippen LogP contribution in [-0.2, 0) is 6.42 Å². The average Bonchev–Trinajstić information content (AvgIpc) is 3.06. The van der Waals surface area contributed by atoms with E-state index in [9.17, 15) is 0 Å². The van der Waals surface area contributed by atoms with E-state index < -0.39 is 0 Å². The maximum Gasteiger partial charge on any atom is 0.262 e. The standard InChI is InChI=1S/C13H8BrN5O/c14-9-3-1-2-8(4-9)5-12-17-13(20-19-12)10-7-16-18-11(10)6-15/h1-4,7H,5H2,(H,16,18). The zero-order valence-electron chi connectivity index (χ0n) is 10.2. The van der Waals surface area contributed by atoms with Crippen molar-refractivity contribution in [3.63, 3.8) is 0 Å². The van der Waals surface area contributed by atoms with Gasteiger partial charge in [0.2, 0.25) is 0 Å². The summed E-state index contributed by atoms with van der Waals surface area (Å²) < 4.78 is 6.17. The maximum atomic E-state index is 8.92. The van der Waals surface area contributed by atoms with Gasteiger partial charge in [-0.15, -0.1) is 0 Å². The zero-order chi connectivity index (χ0) is 13.9. The van der Waals surface area contributed by atoms with Gasteiger partial charge in [0.05, 0.1) is 11.8 Å². The summed E-state index contributed by atoms with van der Waals surface area (Å²) in [6.45, 7) is 0. The largest absolute Gasteiger partial charge is 0.334 e. The lowest BCUT2D eigenvalue weighted by molar-refractivity contribution is 0.424. The molecule has 0 aliphatic carbocycles. The molecule has 98 valence electrons. The highest BCUT2D eigenvalue weighted by Gasteiger charge is 2.15. The SMILES string of the molecule is N#Cc1[nH]ncc1-c1nc(Cc2cccc(Br)c2)no1. The van der Waals surface area contributed by atoms with Crippen molar-refractivity contribution >= 4 is 15.9 Å².